The monoisotopic (exact) mass is 264 g/mol. The summed E-state index contributed by atoms with van der Waals surface area (Å²) in [6.45, 7) is 6.49. The molecule has 1 rings (SSSR count). The molecule has 0 aliphatic carbocycles. The second-order valence-electron chi connectivity index (χ2n) is 4.81. The lowest BCUT2D eigenvalue weighted by Gasteiger charge is -2.15. The first-order valence-electron chi connectivity index (χ1n) is 6.79. The summed E-state index contributed by atoms with van der Waals surface area (Å²) in [5, 5.41) is 2.91. The highest BCUT2D eigenvalue weighted by molar-refractivity contribution is 5.77. The lowest BCUT2D eigenvalue weighted by molar-refractivity contribution is -0.123. The number of carbonyl (C=O) groups is 1. The third kappa shape index (κ3) is 4.91. The van der Waals surface area contributed by atoms with E-state index in [1.165, 1.54) is 0 Å². The molecule has 4 heteroatoms. The van der Waals surface area contributed by atoms with Crippen molar-refractivity contribution in [2.75, 3.05) is 6.61 Å². The third-order valence-corrected chi connectivity index (χ3v) is 2.99. The average Bonchev–Trinajstić information content (AvgIpc) is 2.37. The third-order valence-electron chi connectivity index (χ3n) is 2.99. The highest BCUT2D eigenvalue weighted by atomic mass is 16.5. The van der Waals surface area contributed by atoms with Crippen molar-refractivity contribution in [1.29, 1.82) is 0 Å². The maximum Gasteiger partial charge on any atom is 0.258 e. The van der Waals surface area contributed by atoms with Gasteiger partial charge in [0.25, 0.3) is 5.91 Å². The Morgan fingerprint density at radius 3 is 2.84 bits per heavy atom. The van der Waals surface area contributed by atoms with Gasteiger partial charge in [-0.3, -0.25) is 4.79 Å². The van der Waals surface area contributed by atoms with Crippen LogP contribution in [0.5, 0.6) is 5.75 Å². The second kappa shape index (κ2) is 7.79. The summed E-state index contributed by atoms with van der Waals surface area (Å²) in [5.41, 5.74) is 7.59. The van der Waals surface area contributed by atoms with Crippen molar-refractivity contribution in [3.8, 4) is 5.75 Å². The predicted molar refractivity (Wildman–Crippen MR) is 77.1 cm³/mol. The summed E-state index contributed by atoms with van der Waals surface area (Å²) in [6, 6.07) is 5.99. The van der Waals surface area contributed by atoms with Crippen LogP contribution in [0.4, 0.5) is 0 Å². The van der Waals surface area contributed by atoms with Gasteiger partial charge in [0.2, 0.25) is 0 Å². The van der Waals surface area contributed by atoms with Crippen LogP contribution in [0.1, 0.15) is 37.8 Å². The standard InChI is InChI=1S/C15H24N2O2/c1-4-6-12(3)17-14(18)10-19-15-11(2)7-5-8-13(15)9-16/h5,7-8,12H,4,6,9-10,16H2,1-3H3,(H,17,18). The Morgan fingerprint density at radius 1 is 1.47 bits per heavy atom. The van der Waals surface area contributed by atoms with Crippen molar-refractivity contribution < 1.29 is 9.53 Å². The number of nitrogens with two attached hydrogens (primary N) is 1. The molecule has 1 amide bonds. The van der Waals surface area contributed by atoms with Crippen LogP contribution in [0.15, 0.2) is 18.2 Å². The van der Waals surface area contributed by atoms with Crippen LogP contribution >= 0.6 is 0 Å². The van der Waals surface area contributed by atoms with E-state index in [-0.39, 0.29) is 18.6 Å². The van der Waals surface area contributed by atoms with E-state index >= 15 is 0 Å². The van der Waals surface area contributed by atoms with Gasteiger partial charge in [-0.25, -0.2) is 0 Å². The Hall–Kier alpha value is -1.55. The van der Waals surface area contributed by atoms with Gasteiger partial charge in [-0.2, -0.15) is 0 Å². The molecule has 1 atom stereocenters. The molecule has 0 saturated heterocycles. The molecule has 3 N–H and O–H groups in total. The first-order chi connectivity index (χ1) is 9.08. The molecule has 1 unspecified atom stereocenters. The van der Waals surface area contributed by atoms with E-state index in [0.29, 0.717) is 6.54 Å². The number of ether oxygens (including phenoxy) is 1. The van der Waals surface area contributed by atoms with Crippen LogP contribution in [0.3, 0.4) is 0 Å². The van der Waals surface area contributed by atoms with Crippen molar-refractivity contribution >= 4 is 5.91 Å². The Kier molecular flexibility index (Phi) is 6.36. The van der Waals surface area contributed by atoms with Gasteiger partial charge in [-0.1, -0.05) is 31.5 Å². The first kappa shape index (κ1) is 15.5. The average molecular weight is 264 g/mol. The Morgan fingerprint density at radius 2 is 2.21 bits per heavy atom. The topological polar surface area (TPSA) is 64.3 Å². The SMILES string of the molecule is CCCC(C)NC(=O)COc1c(C)cccc1CN. The molecule has 0 radical (unpaired) electrons. The predicted octanol–water partition coefficient (Wildman–Crippen LogP) is 2.14. The molecule has 1 aromatic carbocycles. The molecular weight excluding hydrogens is 240 g/mol. The van der Waals surface area contributed by atoms with E-state index in [2.05, 4.69) is 12.2 Å². The Labute approximate surface area is 115 Å². The minimum Gasteiger partial charge on any atom is -0.483 e. The van der Waals surface area contributed by atoms with Gasteiger partial charge in [0, 0.05) is 18.2 Å². The number of carbonyl (C=O) groups excluding carboxylic acids is 1. The van der Waals surface area contributed by atoms with Crippen molar-refractivity contribution in [1.82, 2.24) is 5.32 Å². The number of hydrogen-bond donors (Lipinski definition) is 2. The molecule has 0 heterocycles. The van der Waals surface area contributed by atoms with Crippen molar-refractivity contribution in [2.45, 2.75) is 46.2 Å². The van der Waals surface area contributed by atoms with Crippen LogP contribution in [-0.4, -0.2) is 18.6 Å². The van der Waals surface area contributed by atoms with Gasteiger partial charge in [0.15, 0.2) is 6.61 Å². The zero-order chi connectivity index (χ0) is 14.3. The Balaban J connectivity index is 2.55. The first-order valence-corrected chi connectivity index (χ1v) is 6.79. The maximum atomic E-state index is 11.7. The van der Waals surface area contributed by atoms with Crippen LogP contribution in [-0.2, 0) is 11.3 Å². The van der Waals surface area contributed by atoms with Crippen molar-refractivity contribution in [2.24, 2.45) is 5.73 Å². The number of nitrogens with one attached hydrogen (secondary N) is 1. The van der Waals surface area contributed by atoms with Crippen molar-refractivity contribution in [3.63, 3.8) is 0 Å². The highest BCUT2D eigenvalue weighted by Crippen LogP contribution is 2.22. The molecule has 0 aliphatic rings. The van der Waals surface area contributed by atoms with Crippen LogP contribution < -0.4 is 15.8 Å². The number of amides is 1. The molecule has 0 bridgehead atoms. The van der Waals surface area contributed by atoms with Gasteiger partial charge >= 0.3 is 0 Å². The largest absolute Gasteiger partial charge is 0.483 e. The quantitative estimate of drug-likeness (QED) is 0.793. The maximum absolute atomic E-state index is 11.7. The number of aryl methyl sites for hydroxylation is 1. The minimum atomic E-state index is -0.0906. The summed E-state index contributed by atoms with van der Waals surface area (Å²) in [5.74, 6) is 0.635. The summed E-state index contributed by atoms with van der Waals surface area (Å²) in [6.07, 6.45) is 2.03. The highest BCUT2D eigenvalue weighted by Gasteiger charge is 2.10. The van der Waals surface area contributed by atoms with Crippen LogP contribution in [0.25, 0.3) is 0 Å². The molecule has 0 aliphatic heterocycles. The molecule has 4 nitrogen and oxygen atoms in total. The smallest absolute Gasteiger partial charge is 0.258 e. The van der Waals surface area contributed by atoms with E-state index in [9.17, 15) is 4.79 Å². The van der Waals surface area contributed by atoms with Gasteiger partial charge in [-0.15, -0.1) is 0 Å². The van der Waals surface area contributed by atoms with Crippen LogP contribution in [0, 0.1) is 6.92 Å². The minimum absolute atomic E-state index is 0.0336. The van der Waals surface area contributed by atoms with E-state index in [1.54, 1.807) is 0 Å². The van der Waals surface area contributed by atoms with E-state index in [0.717, 1.165) is 29.7 Å². The van der Waals surface area contributed by atoms with Crippen LogP contribution in [0.2, 0.25) is 0 Å². The van der Waals surface area contributed by atoms with Gasteiger partial charge < -0.3 is 15.8 Å². The summed E-state index contributed by atoms with van der Waals surface area (Å²) < 4.78 is 5.61. The normalized spacial score (nSPS) is 12.0. The molecule has 1 aromatic rings. The lowest BCUT2D eigenvalue weighted by atomic mass is 10.1. The lowest BCUT2D eigenvalue weighted by Crippen LogP contribution is -2.36. The summed E-state index contributed by atoms with van der Waals surface area (Å²) in [7, 11) is 0. The molecule has 0 saturated carbocycles. The number of rotatable bonds is 7. The molecule has 0 aromatic heterocycles. The number of hydrogen-bond acceptors (Lipinski definition) is 3. The molecule has 106 valence electrons. The van der Waals surface area contributed by atoms with E-state index < -0.39 is 0 Å². The molecule has 0 spiro atoms. The second-order valence-corrected chi connectivity index (χ2v) is 4.81. The molecular formula is C15H24N2O2. The van der Waals surface area contributed by atoms with Gasteiger partial charge in [0.05, 0.1) is 0 Å². The summed E-state index contributed by atoms with van der Waals surface area (Å²) in [4.78, 5) is 11.7. The molecule has 19 heavy (non-hydrogen) atoms. The zero-order valence-corrected chi connectivity index (χ0v) is 12.0. The fourth-order valence-electron chi connectivity index (χ4n) is 2.04. The van der Waals surface area contributed by atoms with Gasteiger partial charge in [0.1, 0.15) is 5.75 Å². The molecule has 0 fully saturated rings. The van der Waals surface area contributed by atoms with E-state index in [4.69, 9.17) is 10.5 Å². The number of para-hydroxylation sites is 1. The van der Waals surface area contributed by atoms with E-state index in [1.807, 2.05) is 32.0 Å². The Bertz CT molecular complexity index is 419. The fraction of sp³-hybridized carbons (Fsp3) is 0.533. The zero-order valence-electron chi connectivity index (χ0n) is 12.0. The van der Waals surface area contributed by atoms with Gasteiger partial charge in [-0.05, 0) is 25.8 Å². The van der Waals surface area contributed by atoms with Crippen molar-refractivity contribution in [3.05, 3.63) is 29.3 Å². The fourth-order valence-corrected chi connectivity index (χ4v) is 2.04. The number of benzene rings is 1. The summed E-state index contributed by atoms with van der Waals surface area (Å²) >= 11 is 0.